The summed E-state index contributed by atoms with van der Waals surface area (Å²) in [4.78, 5) is 13.2. The maximum absolute atomic E-state index is 13.2. The zero-order chi connectivity index (χ0) is 19.3. The van der Waals surface area contributed by atoms with E-state index in [1.165, 1.54) is 0 Å². The summed E-state index contributed by atoms with van der Waals surface area (Å²) in [5.74, 6) is 0.347. The van der Waals surface area contributed by atoms with Crippen LogP contribution in [0.1, 0.15) is 17.0 Å². The molecule has 0 fully saturated rings. The van der Waals surface area contributed by atoms with Gasteiger partial charge in [0.25, 0.3) is 5.95 Å². The Morgan fingerprint density at radius 3 is 2.68 bits per heavy atom. The van der Waals surface area contributed by atoms with Crippen molar-refractivity contribution in [1.29, 1.82) is 5.26 Å². The highest BCUT2D eigenvalue weighted by Gasteiger charge is 2.36. The van der Waals surface area contributed by atoms with E-state index in [9.17, 15) is 10.1 Å². The molecule has 0 saturated heterocycles. The number of rotatable bonds is 1. The predicted molar refractivity (Wildman–Crippen MR) is 99.2 cm³/mol. The Hall–Kier alpha value is -3.92. The Labute approximate surface area is 159 Å². The SMILES string of the molecule is N#CC1=C(N)Oc2oc3ccccc3c(=O)c2C1c1ccc2c(c1)OCCO2. The fraction of sp³-hybridized carbons (Fsp3) is 0.143. The van der Waals surface area contributed by atoms with Crippen molar-refractivity contribution in [3.8, 4) is 23.5 Å². The third-order valence-corrected chi connectivity index (χ3v) is 4.86. The van der Waals surface area contributed by atoms with Gasteiger partial charge in [0.2, 0.25) is 11.3 Å². The van der Waals surface area contributed by atoms with Gasteiger partial charge in [-0.3, -0.25) is 4.79 Å². The Bertz CT molecular complexity index is 1250. The van der Waals surface area contributed by atoms with Gasteiger partial charge in [-0.15, -0.1) is 0 Å². The van der Waals surface area contributed by atoms with Crippen LogP contribution >= 0.6 is 0 Å². The van der Waals surface area contributed by atoms with Crippen molar-refractivity contribution >= 4 is 11.0 Å². The second-order valence-corrected chi connectivity index (χ2v) is 6.46. The number of benzene rings is 2. The molecule has 2 aromatic carbocycles. The molecule has 3 heterocycles. The van der Waals surface area contributed by atoms with Gasteiger partial charge >= 0.3 is 0 Å². The minimum atomic E-state index is -0.731. The summed E-state index contributed by atoms with van der Waals surface area (Å²) in [5.41, 5.74) is 7.15. The monoisotopic (exact) mass is 374 g/mol. The first kappa shape index (κ1) is 16.3. The second kappa shape index (κ2) is 6.06. The topological polar surface area (TPSA) is 108 Å². The maximum Gasteiger partial charge on any atom is 0.300 e. The van der Waals surface area contributed by atoms with Crippen LogP contribution in [-0.2, 0) is 0 Å². The minimum absolute atomic E-state index is 0.0000825. The van der Waals surface area contributed by atoms with Gasteiger partial charge in [-0.1, -0.05) is 18.2 Å². The van der Waals surface area contributed by atoms with Crippen LogP contribution in [0.15, 0.2) is 63.1 Å². The van der Waals surface area contributed by atoms with Crippen LogP contribution in [-0.4, -0.2) is 13.2 Å². The molecule has 1 unspecified atom stereocenters. The van der Waals surface area contributed by atoms with Crippen LogP contribution in [0.25, 0.3) is 11.0 Å². The third kappa shape index (κ3) is 2.32. The third-order valence-electron chi connectivity index (χ3n) is 4.86. The molecule has 138 valence electrons. The van der Waals surface area contributed by atoms with Crippen molar-refractivity contribution in [3.63, 3.8) is 0 Å². The van der Waals surface area contributed by atoms with Crippen molar-refractivity contribution in [2.45, 2.75) is 5.92 Å². The van der Waals surface area contributed by atoms with Crippen molar-refractivity contribution in [2.75, 3.05) is 13.2 Å². The van der Waals surface area contributed by atoms with E-state index >= 15 is 0 Å². The predicted octanol–water partition coefficient (Wildman–Crippen LogP) is 2.78. The Balaban J connectivity index is 1.79. The first-order valence-corrected chi connectivity index (χ1v) is 8.70. The van der Waals surface area contributed by atoms with Gasteiger partial charge in [0.05, 0.1) is 16.9 Å². The summed E-state index contributed by atoms with van der Waals surface area (Å²) in [6.45, 7) is 0.898. The summed E-state index contributed by atoms with van der Waals surface area (Å²) < 4.78 is 22.5. The first-order chi connectivity index (χ1) is 13.7. The number of hydrogen-bond donors (Lipinski definition) is 1. The summed E-state index contributed by atoms with van der Waals surface area (Å²) >= 11 is 0. The largest absolute Gasteiger partial charge is 0.486 e. The zero-order valence-electron chi connectivity index (χ0n) is 14.6. The van der Waals surface area contributed by atoms with Crippen molar-refractivity contribution < 1.29 is 18.6 Å². The fourth-order valence-electron chi connectivity index (χ4n) is 3.59. The molecule has 2 N–H and O–H groups in total. The van der Waals surface area contributed by atoms with E-state index in [0.717, 1.165) is 0 Å². The Kier molecular flexibility index (Phi) is 3.52. The highest BCUT2D eigenvalue weighted by molar-refractivity contribution is 5.78. The quantitative estimate of drug-likeness (QED) is 0.698. The average molecular weight is 374 g/mol. The number of ether oxygens (including phenoxy) is 3. The van der Waals surface area contributed by atoms with E-state index in [-0.39, 0.29) is 28.4 Å². The summed E-state index contributed by atoms with van der Waals surface area (Å²) in [6.07, 6.45) is 0. The van der Waals surface area contributed by atoms with Crippen LogP contribution in [0.2, 0.25) is 0 Å². The molecule has 0 bridgehead atoms. The number of para-hydroxylation sites is 1. The van der Waals surface area contributed by atoms with E-state index in [1.54, 1.807) is 42.5 Å². The lowest BCUT2D eigenvalue weighted by Crippen LogP contribution is -2.26. The molecular formula is C21H14N2O5. The van der Waals surface area contributed by atoms with Gasteiger partial charge in [0.1, 0.15) is 30.4 Å². The number of nitriles is 1. The molecule has 0 saturated carbocycles. The maximum atomic E-state index is 13.2. The molecule has 0 spiro atoms. The molecule has 0 radical (unpaired) electrons. The molecule has 28 heavy (non-hydrogen) atoms. The molecule has 2 aliphatic heterocycles. The van der Waals surface area contributed by atoms with Crippen LogP contribution in [0, 0.1) is 11.3 Å². The van der Waals surface area contributed by atoms with Crippen LogP contribution in [0.5, 0.6) is 17.4 Å². The van der Waals surface area contributed by atoms with Gasteiger partial charge in [0.15, 0.2) is 11.5 Å². The lowest BCUT2D eigenvalue weighted by Gasteiger charge is -2.26. The van der Waals surface area contributed by atoms with Crippen LogP contribution in [0.3, 0.4) is 0 Å². The molecule has 7 heteroatoms. The molecular weight excluding hydrogens is 360 g/mol. The molecule has 3 aromatic rings. The first-order valence-electron chi connectivity index (χ1n) is 8.70. The fourth-order valence-corrected chi connectivity index (χ4v) is 3.59. The number of allylic oxidation sites excluding steroid dienone is 1. The van der Waals surface area contributed by atoms with Gasteiger partial charge in [-0.25, -0.2) is 0 Å². The molecule has 1 atom stereocenters. The van der Waals surface area contributed by atoms with E-state index in [1.807, 2.05) is 0 Å². The number of nitrogens with zero attached hydrogens (tertiary/aromatic N) is 1. The number of hydrogen-bond acceptors (Lipinski definition) is 7. The highest BCUT2D eigenvalue weighted by Crippen LogP contribution is 2.43. The van der Waals surface area contributed by atoms with Crippen molar-refractivity contribution in [3.05, 3.63) is 75.3 Å². The van der Waals surface area contributed by atoms with Gasteiger partial charge in [-0.2, -0.15) is 5.26 Å². The number of fused-ring (bicyclic) bond motifs is 3. The summed E-state index contributed by atoms with van der Waals surface area (Å²) in [6, 6.07) is 14.2. The standard InChI is InChI=1S/C21H14N2O5/c22-10-13-17(11-5-6-15-16(9-11)26-8-7-25-15)18-19(24)12-3-1-2-4-14(12)27-21(18)28-20(13)23/h1-6,9,17H,7-8,23H2. The van der Waals surface area contributed by atoms with E-state index in [4.69, 9.17) is 24.4 Å². The van der Waals surface area contributed by atoms with Crippen molar-refractivity contribution in [2.24, 2.45) is 5.73 Å². The molecule has 0 amide bonds. The van der Waals surface area contributed by atoms with Crippen molar-refractivity contribution in [1.82, 2.24) is 0 Å². The lowest BCUT2D eigenvalue weighted by molar-refractivity contribution is 0.171. The molecule has 5 rings (SSSR count). The van der Waals surface area contributed by atoms with Crippen LogP contribution in [0.4, 0.5) is 0 Å². The second-order valence-electron chi connectivity index (χ2n) is 6.46. The van der Waals surface area contributed by atoms with E-state index in [0.29, 0.717) is 41.2 Å². The normalized spacial score (nSPS) is 17.6. The highest BCUT2D eigenvalue weighted by atomic mass is 16.6. The molecule has 0 aliphatic carbocycles. The Morgan fingerprint density at radius 1 is 1.07 bits per heavy atom. The molecule has 2 aliphatic rings. The average Bonchev–Trinajstić information content (AvgIpc) is 2.72. The summed E-state index contributed by atoms with van der Waals surface area (Å²) in [5, 5.41) is 10.1. The van der Waals surface area contributed by atoms with Crippen LogP contribution < -0.4 is 25.4 Å². The van der Waals surface area contributed by atoms with Gasteiger partial charge in [0, 0.05) is 0 Å². The smallest absolute Gasteiger partial charge is 0.300 e. The summed E-state index contributed by atoms with van der Waals surface area (Å²) in [7, 11) is 0. The molecule has 1 aromatic heterocycles. The van der Waals surface area contributed by atoms with E-state index in [2.05, 4.69) is 6.07 Å². The van der Waals surface area contributed by atoms with E-state index < -0.39 is 5.92 Å². The molecule has 7 nitrogen and oxygen atoms in total. The minimum Gasteiger partial charge on any atom is -0.486 e. The Morgan fingerprint density at radius 2 is 1.86 bits per heavy atom. The lowest BCUT2D eigenvalue weighted by atomic mass is 9.84. The van der Waals surface area contributed by atoms with Gasteiger partial charge < -0.3 is 24.4 Å². The zero-order valence-corrected chi connectivity index (χ0v) is 14.6. The van der Waals surface area contributed by atoms with Gasteiger partial charge in [-0.05, 0) is 29.8 Å². The number of nitrogens with two attached hydrogens (primary N) is 1.